The second kappa shape index (κ2) is 7.49. The molecule has 0 fully saturated rings. The molecule has 0 aliphatic heterocycles. The van der Waals surface area contributed by atoms with Crippen LogP contribution in [0.1, 0.15) is 15.9 Å². The molecule has 0 saturated carbocycles. The lowest BCUT2D eigenvalue weighted by Gasteiger charge is -2.04. The summed E-state index contributed by atoms with van der Waals surface area (Å²) in [5, 5.41) is 5.03. The average molecular weight is 358 g/mol. The molecule has 7 heteroatoms. The van der Waals surface area contributed by atoms with Crippen LogP contribution in [-0.2, 0) is 0 Å². The van der Waals surface area contributed by atoms with Crippen molar-refractivity contribution in [1.82, 2.24) is 5.43 Å². The number of halogens is 3. The Labute approximate surface area is 142 Å². The first-order valence-electron chi connectivity index (χ1n) is 6.13. The van der Waals surface area contributed by atoms with Gasteiger partial charge in [-0.3, -0.25) is 4.79 Å². The van der Waals surface area contributed by atoms with Gasteiger partial charge in [0.25, 0.3) is 5.91 Å². The van der Waals surface area contributed by atoms with Crippen molar-refractivity contribution >= 4 is 46.9 Å². The summed E-state index contributed by atoms with van der Waals surface area (Å²) in [6.07, 6.45) is 1.47. The van der Waals surface area contributed by atoms with Crippen LogP contribution in [0, 0.1) is 0 Å². The molecule has 0 radical (unpaired) electrons. The second-order valence-electron chi connectivity index (χ2n) is 4.22. The Morgan fingerprint density at radius 1 is 1.14 bits per heavy atom. The summed E-state index contributed by atoms with van der Waals surface area (Å²) in [6, 6.07) is 9.74. The van der Waals surface area contributed by atoms with Gasteiger partial charge in [-0.25, -0.2) is 5.43 Å². The van der Waals surface area contributed by atoms with E-state index in [0.717, 1.165) is 0 Å². The molecule has 0 atom stereocenters. The number of nitrogens with zero attached hydrogens (tertiary/aromatic N) is 1. The lowest BCUT2D eigenvalue weighted by Crippen LogP contribution is -2.18. The van der Waals surface area contributed by atoms with Crippen molar-refractivity contribution in [3.8, 4) is 5.75 Å². The topological polar surface area (TPSA) is 50.7 Å². The van der Waals surface area contributed by atoms with Gasteiger partial charge in [0.1, 0.15) is 5.75 Å². The van der Waals surface area contributed by atoms with E-state index in [2.05, 4.69) is 10.5 Å². The molecule has 0 spiro atoms. The molecule has 0 aliphatic rings. The molecule has 1 N–H and O–H groups in total. The summed E-state index contributed by atoms with van der Waals surface area (Å²) >= 11 is 17.7. The lowest BCUT2D eigenvalue weighted by atomic mass is 10.2. The number of carbonyl (C=O) groups is 1. The minimum atomic E-state index is -0.433. The van der Waals surface area contributed by atoms with Crippen molar-refractivity contribution in [2.45, 2.75) is 0 Å². The Balaban J connectivity index is 2.05. The number of hydrazone groups is 1. The van der Waals surface area contributed by atoms with Crippen molar-refractivity contribution in [2.75, 3.05) is 7.11 Å². The maximum atomic E-state index is 11.9. The molecule has 2 aromatic carbocycles. The fraction of sp³-hybridized carbons (Fsp3) is 0.0667. The highest BCUT2D eigenvalue weighted by molar-refractivity contribution is 6.36. The fourth-order valence-electron chi connectivity index (χ4n) is 1.66. The summed E-state index contributed by atoms with van der Waals surface area (Å²) < 4.78 is 5.05. The highest BCUT2D eigenvalue weighted by Gasteiger charge is 2.09. The van der Waals surface area contributed by atoms with Gasteiger partial charge in [-0.05, 0) is 42.0 Å². The van der Waals surface area contributed by atoms with Crippen LogP contribution < -0.4 is 10.2 Å². The molecule has 22 heavy (non-hydrogen) atoms. The molecule has 0 aromatic heterocycles. The zero-order valence-corrected chi connectivity index (χ0v) is 13.7. The molecular weight excluding hydrogens is 347 g/mol. The van der Waals surface area contributed by atoms with Gasteiger partial charge in [0.05, 0.1) is 28.9 Å². The van der Waals surface area contributed by atoms with E-state index in [1.807, 2.05) is 0 Å². The molecule has 1 amide bonds. The number of rotatable bonds is 4. The molecule has 4 nitrogen and oxygen atoms in total. The Morgan fingerprint density at radius 2 is 1.91 bits per heavy atom. The van der Waals surface area contributed by atoms with Crippen molar-refractivity contribution in [3.63, 3.8) is 0 Å². The third kappa shape index (κ3) is 4.13. The van der Waals surface area contributed by atoms with Crippen LogP contribution in [0.2, 0.25) is 15.1 Å². The Kier molecular flexibility index (Phi) is 5.66. The van der Waals surface area contributed by atoms with Gasteiger partial charge in [-0.1, -0.05) is 34.8 Å². The van der Waals surface area contributed by atoms with Crippen LogP contribution in [-0.4, -0.2) is 19.2 Å². The van der Waals surface area contributed by atoms with E-state index in [1.165, 1.54) is 25.5 Å². The average Bonchev–Trinajstić information content (AvgIpc) is 2.47. The number of amides is 1. The largest absolute Gasteiger partial charge is 0.495 e. The van der Waals surface area contributed by atoms with Crippen LogP contribution in [0.15, 0.2) is 41.5 Å². The molecule has 2 rings (SSSR count). The molecular formula is C15H11Cl3N2O2. The van der Waals surface area contributed by atoms with Gasteiger partial charge >= 0.3 is 0 Å². The van der Waals surface area contributed by atoms with Gasteiger partial charge in [0.15, 0.2) is 0 Å². The Bertz CT molecular complexity index is 733. The molecule has 114 valence electrons. The zero-order valence-electron chi connectivity index (χ0n) is 11.4. The number of hydrogen-bond acceptors (Lipinski definition) is 3. The van der Waals surface area contributed by atoms with E-state index in [4.69, 9.17) is 39.5 Å². The number of carbonyl (C=O) groups excluding carboxylic acids is 1. The van der Waals surface area contributed by atoms with Gasteiger partial charge in [-0.2, -0.15) is 5.10 Å². The van der Waals surface area contributed by atoms with Crippen LogP contribution in [0.4, 0.5) is 0 Å². The van der Waals surface area contributed by atoms with E-state index in [-0.39, 0.29) is 10.6 Å². The first-order chi connectivity index (χ1) is 10.5. The van der Waals surface area contributed by atoms with E-state index in [9.17, 15) is 4.79 Å². The third-order valence-corrected chi connectivity index (χ3v) is 3.57. The van der Waals surface area contributed by atoms with E-state index in [0.29, 0.717) is 21.4 Å². The number of benzene rings is 2. The Hall–Kier alpha value is -1.75. The summed E-state index contributed by atoms with van der Waals surface area (Å²) in [5.41, 5.74) is 3.39. The van der Waals surface area contributed by atoms with Crippen molar-refractivity contribution in [2.24, 2.45) is 5.10 Å². The summed E-state index contributed by atoms with van der Waals surface area (Å²) in [6.45, 7) is 0. The van der Waals surface area contributed by atoms with Gasteiger partial charge in [0, 0.05) is 5.02 Å². The summed E-state index contributed by atoms with van der Waals surface area (Å²) in [7, 11) is 1.53. The highest BCUT2D eigenvalue weighted by atomic mass is 35.5. The summed E-state index contributed by atoms with van der Waals surface area (Å²) in [5.74, 6) is 0.133. The first kappa shape index (κ1) is 16.6. The minimum absolute atomic E-state index is 0.257. The molecule has 0 bridgehead atoms. The quantitative estimate of drug-likeness (QED) is 0.650. The smallest absolute Gasteiger partial charge is 0.272 e. The monoisotopic (exact) mass is 356 g/mol. The molecule has 0 unspecified atom stereocenters. The fourth-order valence-corrected chi connectivity index (χ4v) is 2.42. The number of ether oxygens (including phenoxy) is 1. The maximum absolute atomic E-state index is 11.9. The van der Waals surface area contributed by atoms with Gasteiger partial charge in [-0.15, -0.1) is 0 Å². The number of methoxy groups -OCH3 is 1. The predicted octanol–water partition coefficient (Wildman–Crippen LogP) is 4.42. The number of hydrogen-bond donors (Lipinski definition) is 1. The molecule has 0 heterocycles. The van der Waals surface area contributed by atoms with Crippen LogP contribution in [0.25, 0.3) is 0 Å². The molecule has 0 saturated heterocycles. The second-order valence-corrected chi connectivity index (χ2v) is 5.47. The van der Waals surface area contributed by atoms with Crippen molar-refractivity contribution < 1.29 is 9.53 Å². The van der Waals surface area contributed by atoms with Crippen molar-refractivity contribution in [1.29, 1.82) is 0 Å². The van der Waals surface area contributed by atoms with E-state index in [1.54, 1.807) is 24.3 Å². The van der Waals surface area contributed by atoms with Crippen molar-refractivity contribution in [3.05, 3.63) is 62.6 Å². The SMILES string of the molecule is COc1ccc(/C=N/NC(=O)c2ccc(Cl)cc2Cl)cc1Cl. The molecule has 2 aromatic rings. The zero-order chi connectivity index (χ0) is 16.1. The first-order valence-corrected chi connectivity index (χ1v) is 7.26. The molecule has 0 aliphatic carbocycles. The summed E-state index contributed by atoms with van der Waals surface area (Å²) in [4.78, 5) is 11.9. The maximum Gasteiger partial charge on any atom is 0.272 e. The van der Waals surface area contributed by atoms with Gasteiger partial charge < -0.3 is 4.74 Å². The third-order valence-electron chi connectivity index (χ3n) is 2.73. The minimum Gasteiger partial charge on any atom is -0.495 e. The predicted molar refractivity (Wildman–Crippen MR) is 89.5 cm³/mol. The Morgan fingerprint density at radius 3 is 2.55 bits per heavy atom. The van der Waals surface area contributed by atoms with Crippen LogP contribution in [0.5, 0.6) is 5.75 Å². The van der Waals surface area contributed by atoms with Crippen LogP contribution in [0.3, 0.4) is 0 Å². The standard InChI is InChI=1S/C15H11Cl3N2O2/c1-22-14-5-2-9(6-13(14)18)8-19-20-15(21)11-4-3-10(16)7-12(11)17/h2-8H,1H3,(H,20,21)/b19-8+. The van der Waals surface area contributed by atoms with Gasteiger partial charge in [0.2, 0.25) is 0 Å². The highest BCUT2D eigenvalue weighted by Crippen LogP contribution is 2.24. The van der Waals surface area contributed by atoms with E-state index < -0.39 is 5.91 Å². The lowest BCUT2D eigenvalue weighted by molar-refractivity contribution is 0.0955. The normalized spacial score (nSPS) is 10.7. The van der Waals surface area contributed by atoms with Crippen LogP contribution >= 0.6 is 34.8 Å². The number of nitrogens with one attached hydrogen (secondary N) is 1. The van der Waals surface area contributed by atoms with E-state index >= 15 is 0 Å².